The third kappa shape index (κ3) is 3.91. The maximum absolute atomic E-state index is 2.79. The van der Waals surface area contributed by atoms with Gasteiger partial charge in [-0.05, 0) is 68.6 Å². The molecular weight excluding hydrogens is 304 g/mol. The summed E-state index contributed by atoms with van der Waals surface area (Å²) in [4.78, 5) is 5.45. The second kappa shape index (κ2) is 7.88. The first-order chi connectivity index (χ1) is 12.3. The lowest BCUT2D eigenvalue weighted by atomic mass is 9.88. The zero-order chi connectivity index (χ0) is 17.1. The number of fused-ring (bicyclic) bond motifs is 1. The number of nitrogens with zero attached hydrogens (tertiary/aromatic N) is 2. The lowest BCUT2D eigenvalue weighted by Gasteiger charge is -2.42. The summed E-state index contributed by atoms with van der Waals surface area (Å²) in [6, 6.07) is 17.2. The van der Waals surface area contributed by atoms with Crippen molar-refractivity contribution in [2.24, 2.45) is 0 Å². The van der Waals surface area contributed by atoms with Crippen LogP contribution in [0, 0.1) is 0 Å². The van der Waals surface area contributed by atoms with Gasteiger partial charge in [-0.15, -0.1) is 0 Å². The molecule has 1 aliphatic heterocycles. The lowest BCUT2D eigenvalue weighted by molar-refractivity contribution is 0.0771. The zero-order valence-corrected chi connectivity index (χ0v) is 15.7. The van der Waals surface area contributed by atoms with Gasteiger partial charge in [0.2, 0.25) is 0 Å². The first kappa shape index (κ1) is 17.1. The molecule has 0 N–H and O–H groups in total. The molecule has 2 aliphatic rings. The molecule has 1 heterocycles. The molecule has 1 saturated heterocycles. The van der Waals surface area contributed by atoms with E-state index in [4.69, 9.17) is 0 Å². The molecule has 1 aliphatic carbocycles. The molecule has 0 radical (unpaired) electrons. The van der Waals surface area contributed by atoms with Crippen molar-refractivity contribution in [2.45, 2.75) is 57.0 Å². The van der Waals surface area contributed by atoms with Crippen LogP contribution in [0.1, 0.15) is 44.1 Å². The topological polar surface area (TPSA) is 6.48 Å². The van der Waals surface area contributed by atoms with Gasteiger partial charge in [0.1, 0.15) is 0 Å². The van der Waals surface area contributed by atoms with E-state index in [9.17, 15) is 0 Å². The molecule has 2 heteroatoms. The minimum Gasteiger partial charge on any atom is -0.302 e. The highest BCUT2D eigenvalue weighted by molar-refractivity contribution is 5.82. The van der Waals surface area contributed by atoms with Crippen molar-refractivity contribution in [3.63, 3.8) is 0 Å². The van der Waals surface area contributed by atoms with Gasteiger partial charge in [-0.25, -0.2) is 0 Å². The van der Waals surface area contributed by atoms with Gasteiger partial charge < -0.3 is 4.90 Å². The average molecular weight is 337 g/mol. The normalized spacial score (nSPS) is 25.0. The molecule has 2 aromatic rings. The highest BCUT2D eigenvalue weighted by Crippen LogP contribution is 2.29. The molecule has 134 valence electrons. The minimum absolute atomic E-state index is 0.757. The van der Waals surface area contributed by atoms with Gasteiger partial charge in [0, 0.05) is 18.6 Å². The predicted molar refractivity (Wildman–Crippen MR) is 107 cm³/mol. The molecule has 2 nitrogen and oxygen atoms in total. The number of likely N-dealkylation sites (N-methyl/N-ethyl adjacent to an activating group) is 1. The van der Waals surface area contributed by atoms with Gasteiger partial charge in [0.15, 0.2) is 0 Å². The lowest BCUT2D eigenvalue weighted by Crippen LogP contribution is -2.51. The Morgan fingerprint density at radius 3 is 2.52 bits per heavy atom. The van der Waals surface area contributed by atoms with Crippen LogP contribution in [0.3, 0.4) is 0 Å². The Morgan fingerprint density at radius 2 is 1.68 bits per heavy atom. The molecule has 1 saturated carbocycles. The molecule has 25 heavy (non-hydrogen) atoms. The second-order valence-electron chi connectivity index (χ2n) is 8.07. The van der Waals surface area contributed by atoms with Crippen molar-refractivity contribution in [1.82, 2.24) is 9.80 Å². The SMILES string of the molecule is CN(CCc1ccc2ccccc2c1)[C@@H]1CCCC[C@@H]1N1CCCC1. The van der Waals surface area contributed by atoms with Crippen LogP contribution in [-0.4, -0.2) is 48.6 Å². The molecule has 0 bridgehead atoms. The minimum atomic E-state index is 0.757. The summed E-state index contributed by atoms with van der Waals surface area (Å²) in [5, 5.41) is 2.72. The number of benzene rings is 2. The molecule has 4 rings (SSSR count). The van der Waals surface area contributed by atoms with Crippen LogP contribution in [-0.2, 0) is 6.42 Å². The van der Waals surface area contributed by atoms with Crippen LogP contribution in [0.4, 0.5) is 0 Å². The van der Waals surface area contributed by atoms with E-state index in [2.05, 4.69) is 59.3 Å². The summed E-state index contributed by atoms with van der Waals surface area (Å²) in [5.74, 6) is 0. The Hall–Kier alpha value is -1.38. The van der Waals surface area contributed by atoms with E-state index in [0.717, 1.165) is 18.5 Å². The van der Waals surface area contributed by atoms with Crippen molar-refractivity contribution in [1.29, 1.82) is 0 Å². The summed E-state index contributed by atoms with van der Waals surface area (Å²) in [6.45, 7) is 3.84. The van der Waals surface area contributed by atoms with E-state index in [1.807, 2.05) is 0 Å². The van der Waals surface area contributed by atoms with Gasteiger partial charge in [-0.1, -0.05) is 55.3 Å². The maximum atomic E-state index is 2.79. The summed E-state index contributed by atoms with van der Waals surface area (Å²) in [7, 11) is 2.36. The van der Waals surface area contributed by atoms with Crippen molar-refractivity contribution in [3.05, 3.63) is 48.0 Å². The Balaban J connectivity index is 1.40. The number of rotatable bonds is 5. The van der Waals surface area contributed by atoms with E-state index < -0.39 is 0 Å². The fourth-order valence-corrected chi connectivity index (χ4v) is 4.97. The van der Waals surface area contributed by atoms with Crippen LogP contribution < -0.4 is 0 Å². The Labute approximate surface area is 152 Å². The van der Waals surface area contributed by atoms with Crippen molar-refractivity contribution in [3.8, 4) is 0 Å². The first-order valence-corrected chi connectivity index (χ1v) is 10.2. The third-order valence-electron chi connectivity index (χ3n) is 6.44. The van der Waals surface area contributed by atoms with Gasteiger partial charge in [0.25, 0.3) is 0 Å². The van der Waals surface area contributed by atoms with Crippen molar-refractivity contribution >= 4 is 10.8 Å². The second-order valence-corrected chi connectivity index (χ2v) is 8.07. The van der Waals surface area contributed by atoms with E-state index in [0.29, 0.717) is 0 Å². The predicted octanol–water partition coefficient (Wildman–Crippen LogP) is 4.72. The molecule has 0 unspecified atom stereocenters. The standard InChI is InChI=1S/C23H32N2/c1-24(22-10-4-5-11-23(22)25-15-6-7-16-25)17-14-19-12-13-20-8-2-3-9-21(20)18-19/h2-3,8-9,12-13,18,22-23H,4-7,10-11,14-17H2,1H3/t22-,23+/m1/s1. The Bertz CT molecular complexity index is 689. The quantitative estimate of drug-likeness (QED) is 0.779. The molecule has 2 aromatic carbocycles. The number of likely N-dealkylation sites (tertiary alicyclic amines) is 1. The Morgan fingerprint density at radius 1 is 0.920 bits per heavy atom. The summed E-state index contributed by atoms with van der Waals surface area (Å²) in [5.41, 5.74) is 1.47. The molecular formula is C23H32N2. The summed E-state index contributed by atoms with van der Waals surface area (Å²) >= 11 is 0. The van der Waals surface area contributed by atoms with E-state index in [-0.39, 0.29) is 0 Å². The van der Waals surface area contributed by atoms with Crippen LogP contribution >= 0.6 is 0 Å². The molecule has 2 fully saturated rings. The van der Waals surface area contributed by atoms with Gasteiger partial charge in [-0.3, -0.25) is 4.90 Å². The molecule has 0 amide bonds. The largest absolute Gasteiger partial charge is 0.302 e. The molecule has 0 aromatic heterocycles. The van der Waals surface area contributed by atoms with E-state index in [1.165, 1.54) is 74.5 Å². The first-order valence-electron chi connectivity index (χ1n) is 10.2. The smallest absolute Gasteiger partial charge is 0.0251 e. The molecule has 2 atom stereocenters. The fraction of sp³-hybridized carbons (Fsp3) is 0.565. The van der Waals surface area contributed by atoms with Gasteiger partial charge >= 0.3 is 0 Å². The zero-order valence-electron chi connectivity index (χ0n) is 15.7. The Kier molecular flexibility index (Phi) is 5.38. The van der Waals surface area contributed by atoms with Gasteiger partial charge in [0.05, 0.1) is 0 Å². The van der Waals surface area contributed by atoms with Crippen LogP contribution in [0.15, 0.2) is 42.5 Å². The van der Waals surface area contributed by atoms with Crippen LogP contribution in [0.25, 0.3) is 10.8 Å². The fourth-order valence-electron chi connectivity index (χ4n) is 4.97. The van der Waals surface area contributed by atoms with Crippen molar-refractivity contribution < 1.29 is 0 Å². The third-order valence-corrected chi connectivity index (χ3v) is 6.44. The van der Waals surface area contributed by atoms with Crippen LogP contribution in [0.5, 0.6) is 0 Å². The molecule has 0 spiro atoms. The number of hydrogen-bond acceptors (Lipinski definition) is 2. The maximum Gasteiger partial charge on any atom is 0.0251 e. The van der Waals surface area contributed by atoms with Crippen molar-refractivity contribution in [2.75, 3.05) is 26.7 Å². The monoisotopic (exact) mass is 336 g/mol. The highest BCUT2D eigenvalue weighted by atomic mass is 15.2. The van der Waals surface area contributed by atoms with Crippen LogP contribution in [0.2, 0.25) is 0 Å². The number of hydrogen-bond donors (Lipinski definition) is 0. The summed E-state index contributed by atoms with van der Waals surface area (Å²) < 4.78 is 0. The highest BCUT2D eigenvalue weighted by Gasteiger charge is 2.33. The average Bonchev–Trinajstić information content (AvgIpc) is 3.20. The van der Waals surface area contributed by atoms with E-state index in [1.54, 1.807) is 0 Å². The van der Waals surface area contributed by atoms with Gasteiger partial charge in [-0.2, -0.15) is 0 Å². The summed E-state index contributed by atoms with van der Waals surface area (Å²) in [6.07, 6.45) is 9.60. The van der Waals surface area contributed by atoms with E-state index >= 15 is 0 Å².